The van der Waals surface area contributed by atoms with Crippen molar-refractivity contribution in [2.75, 3.05) is 38.3 Å². The smallest absolute Gasteiger partial charge is 0.412 e. The number of anilines is 1. The van der Waals surface area contributed by atoms with Crippen molar-refractivity contribution in [3.63, 3.8) is 0 Å². The number of benzene rings is 1. The van der Waals surface area contributed by atoms with Crippen LogP contribution in [0.15, 0.2) is 18.2 Å². The third kappa shape index (κ3) is 12.0. The first-order valence-electron chi connectivity index (χ1n) is 9.79. The van der Waals surface area contributed by atoms with Crippen LogP contribution >= 0.6 is 0 Å². The second kappa shape index (κ2) is 12.3. The summed E-state index contributed by atoms with van der Waals surface area (Å²) in [5.74, 6) is 0.479. The van der Waals surface area contributed by atoms with Gasteiger partial charge in [-0.15, -0.1) is 0 Å². The standard InChI is InChI=1S/C21H34N2O6/c1-15(2)13-28-19(24)14-26-8-6-16-10-17(12-18(11-16)27-9-7-22)23-20(25)29-21(3,4)5/h10-12,15H,6-9,13-14,22H2,1-5H3,(H,23,25). The summed E-state index contributed by atoms with van der Waals surface area (Å²) in [5.41, 5.74) is 6.31. The number of ether oxygens (including phenoxy) is 4. The number of esters is 1. The minimum absolute atomic E-state index is 0.0981. The van der Waals surface area contributed by atoms with E-state index < -0.39 is 11.7 Å². The quantitative estimate of drug-likeness (QED) is 0.426. The lowest BCUT2D eigenvalue weighted by atomic mass is 10.1. The molecule has 3 N–H and O–H groups in total. The van der Waals surface area contributed by atoms with Gasteiger partial charge in [0, 0.05) is 18.3 Å². The maximum absolute atomic E-state index is 12.0. The molecule has 1 aromatic carbocycles. The normalized spacial score (nSPS) is 11.3. The molecule has 0 saturated carbocycles. The predicted octanol–water partition coefficient (Wildman–Crippen LogP) is 3.13. The van der Waals surface area contributed by atoms with Gasteiger partial charge in [-0.05, 0) is 50.8 Å². The summed E-state index contributed by atoms with van der Waals surface area (Å²) in [6.07, 6.45) is -0.0242. The number of hydrogen-bond acceptors (Lipinski definition) is 7. The number of carbonyl (C=O) groups is 2. The van der Waals surface area contributed by atoms with Crippen LogP contribution in [0.5, 0.6) is 5.75 Å². The summed E-state index contributed by atoms with van der Waals surface area (Å²) in [5, 5.41) is 2.70. The molecule has 8 heteroatoms. The van der Waals surface area contributed by atoms with Crippen LogP contribution in [-0.2, 0) is 25.4 Å². The van der Waals surface area contributed by atoms with Crippen molar-refractivity contribution in [1.82, 2.24) is 0 Å². The number of nitrogens with two attached hydrogens (primary N) is 1. The van der Waals surface area contributed by atoms with E-state index in [-0.39, 0.29) is 18.5 Å². The van der Waals surface area contributed by atoms with E-state index in [1.165, 1.54) is 0 Å². The molecule has 0 saturated heterocycles. The van der Waals surface area contributed by atoms with Gasteiger partial charge in [-0.2, -0.15) is 0 Å². The second-order valence-corrected chi connectivity index (χ2v) is 8.01. The molecule has 0 aromatic heterocycles. The maximum atomic E-state index is 12.0. The first-order chi connectivity index (χ1) is 13.6. The lowest BCUT2D eigenvalue weighted by Crippen LogP contribution is -2.27. The zero-order valence-corrected chi connectivity index (χ0v) is 18.1. The zero-order valence-electron chi connectivity index (χ0n) is 18.1. The van der Waals surface area contributed by atoms with Crippen molar-refractivity contribution < 1.29 is 28.5 Å². The van der Waals surface area contributed by atoms with Crippen molar-refractivity contribution in [3.8, 4) is 5.75 Å². The Bertz CT molecular complexity index is 655. The van der Waals surface area contributed by atoms with Gasteiger partial charge < -0.3 is 24.7 Å². The first kappa shape index (κ1) is 24.7. The number of carbonyl (C=O) groups excluding carboxylic acids is 2. The zero-order chi connectivity index (χ0) is 21.9. The summed E-state index contributed by atoms with van der Waals surface area (Å²) < 4.78 is 21.3. The number of amides is 1. The molecule has 0 aliphatic rings. The third-order valence-corrected chi connectivity index (χ3v) is 3.33. The lowest BCUT2D eigenvalue weighted by Gasteiger charge is -2.20. The molecule has 0 spiro atoms. The monoisotopic (exact) mass is 410 g/mol. The van der Waals surface area contributed by atoms with E-state index in [4.69, 9.17) is 24.7 Å². The molecule has 0 bridgehead atoms. The Morgan fingerprint density at radius 2 is 1.86 bits per heavy atom. The average molecular weight is 411 g/mol. The highest BCUT2D eigenvalue weighted by Gasteiger charge is 2.16. The van der Waals surface area contributed by atoms with E-state index in [9.17, 15) is 9.59 Å². The molecule has 0 radical (unpaired) electrons. The van der Waals surface area contributed by atoms with Crippen LogP contribution in [0.4, 0.5) is 10.5 Å². The van der Waals surface area contributed by atoms with E-state index in [1.807, 2.05) is 19.9 Å². The van der Waals surface area contributed by atoms with Gasteiger partial charge in [-0.25, -0.2) is 9.59 Å². The van der Waals surface area contributed by atoms with Crippen molar-refractivity contribution >= 4 is 17.7 Å². The molecule has 0 fully saturated rings. The van der Waals surface area contributed by atoms with E-state index >= 15 is 0 Å². The van der Waals surface area contributed by atoms with E-state index in [0.29, 0.717) is 44.2 Å². The highest BCUT2D eigenvalue weighted by molar-refractivity contribution is 5.85. The molecule has 29 heavy (non-hydrogen) atoms. The Hall–Kier alpha value is -2.32. The SMILES string of the molecule is CC(C)COC(=O)COCCc1cc(NC(=O)OC(C)(C)C)cc(OCCN)c1. The van der Waals surface area contributed by atoms with Gasteiger partial charge >= 0.3 is 12.1 Å². The number of nitrogens with one attached hydrogen (secondary N) is 1. The molecular formula is C21H34N2O6. The minimum atomic E-state index is -0.599. The molecule has 0 unspecified atom stereocenters. The Labute approximate surface area is 173 Å². The molecule has 8 nitrogen and oxygen atoms in total. The summed E-state index contributed by atoms with van der Waals surface area (Å²) in [6, 6.07) is 5.35. The molecular weight excluding hydrogens is 376 g/mol. The van der Waals surface area contributed by atoms with Crippen LogP contribution in [0.1, 0.15) is 40.2 Å². The fourth-order valence-electron chi connectivity index (χ4n) is 2.21. The molecule has 1 rings (SSSR count). The van der Waals surface area contributed by atoms with E-state index in [2.05, 4.69) is 5.32 Å². The van der Waals surface area contributed by atoms with Gasteiger partial charge in [-0.1, -0.05) is 13.8 Å². The average Bonchev–Trinajstić information content (AvgIpc) is 2.60. The van der Waals surface area contributed by atoms with Gasteiger partial charge in [0.25, 0.3) is 0 Å². The third-order valence-electron chi connectivity index (χ3n) is 3.33. The van der Waals surface area contributed by atoms with Gasteiger partial charge in [0.05, 0.1) is 13.2 Å². The van der Waals surface area contributed by atoms with Crippen molar-refractivity contribution in [2.24, 2.45) is 11.7 Å². The van der Waals surface area contributed by atoms with Crippen LogP contribution in [0.2, 0.25) is 0 Å². The fraction of sp³-hybridized carbons (Fsp3) is 0.619. The van der Waals surface area contributed by atoms with E-state index in [0.717, 1.165) is 5.56 Å². The molecule has 1 amide bonds. The molecule has 0 atom stereocenters. The van der Waals surface area contributed by atoms with Gasteiger partial charge in [0.15, 0.2) is 0 Å². The van der Waals surface area contributed by atoms with Crippen LogP contribution in [0.3, 0.4) is 0 Å². The van der Waals surface area contributed by atoms with Crippen LogP contribution in [-0.4, -0.2) is 50.6 Å². The Morgan fingerprint density at radius 3 is 2.48 bits per heavy atom. The van der Waals surface area contributed by atoms with Crippen LogP contribution in [0.25, 0.3) is 0 Å². The summed E-state index contributed by atoms with van der Waals surface area (Å²) in [4.78, 5) is 23.6. The van der Waals surface area contributed by atoms with E-state index in [1.54, 1.807) is 32.9 Å². The topological polar surface area (TPSA) is 109 Å². The highest BCUT2D eigenvalue weighted by Crippen LogP contribution is 2.22. The van der Waals surface area contributed by atoms with Crippen molar-refractivity contribution in [1.29, 1.82) is 0 Å². The van der Waals surface area contributed by atoms with Crippen molar-refractivity contribution in [2.45, 2.75) is 46.6 Å². The van der Waals surface area contributed by atoms with Gasteiger partial charge in [0.2, 0.25) is 0 Å². The van der Waals surface area contributed by atoms with Crippen molar-refractivity contribution in [3.05, 3.63) is 23.8 Å². The fourth-order valence-corrected chi connectivity index (χ4v) is 2.21. The van der Waals surface area contributed by atoms with Gasteiger partial charge in [0.1, 0.15) is 24.6 Å². The Kier molecular flexibility index (Phi) is 10.5. The molecule has 164 valence electrons. The second-order valence-electron chi connectivity index (χ2n) is 8.01. The van der Waals surface area contributed by atoms with Crippen LogP contribution < -0.4 is 15.8 Å². The van der Waals surface area contributed by atoms with Gasteiger partial charge in [-0.3, -0.25) is 5.32 Å². The lowest BCUT2D eigenvalue weighted by molar-refractivity contribution is -0.150. The maximum Gasteiger partial charge on any atom is 0.412 e. The summed E-state index contributed by atoms with van der Waals surface area (Å²) in [6.45, 7) is 10.7. The number of hydrogen-bond donors (Lipinski definition) is 2. The summed E-state index contributed by atoms with van der Waals surface area (Å²) in [7, 11) is 0. The largest absolute Gasteiger partial charge is 0.492 e. The minimum Gasteiger partial charge on any atom is -0.492 e. The molecule has 0 heterocycles. The molecule has 0 aliphatic carbocycles. The Balaban J connectivity index is 2.65. The van der Waals surface area contributed by atoms with Crippen LogP contribution in [0, 0.1) is 5.92 Å². The summed E-state index contributed by atoms with van der Waals surface area (Å²) >= 11 is 0. The first-order valence-corrected chi connectivity index (χ1v) is 9.79. The molecule has 0 aliphatic heterocycles. The number of rotatable bonds is 11. The predicted molar refractivity (Wildman–Crippen MR) is 111 cm³/mol. The molecule has 1 aromatic rings. The highest BCUT2D eigenvalue weighted by atomic mass is 16.6. The Morgan fingerprint density at radius 1 is 1.14 bits per heavy atom.